The summed E-state index contributed by atoms with van der Waals surface area (Å²) < 4.78 is 5.66. The van der Waals surface area contributed by atoms with Crippen molar-refractivity contribution in [2.24, 2.45) is 11.3 Å². The lowest BCUT2D eigenvalue weighted by Crippen LogP contribution is -2.34. The second-order valence-corrected chi connectivity index (χ2v) is 8.37. The molecule has 3 aliphatic rings. The second kappa shape index (κ2) is 6.37. The maximum absolute atomic E-state index is 12.7. The molecule has 27 heavy (non-hydrogen) atoms. The van der Waals surface area contributed by atoms with Crippen molar-refractivity contribution in [1.82, 2.24) is 29.9 Å². The number of amides is 1. The highest BCUT2D eigenvalue weighted by molar-refractivity contribution is 5.77. The zero-order valence-electron chi connectivity index (χ0n) is 15.5. The summed E-state index contributed by atoms with van der Waals surface area (Å²) in [6, 6.07) is 0. The number of nitrogens with zero attached hydrogens (tertiary/aromatic N) is 6. The van der Waals surface area contributed by atoms with Crippen LogP contribution in [0.4, 0.5) is 0 Å². The molecule has 0 aromatic carbocycles. The Labute approximate surface area is 158 Å². The van der Waals surface area contributed by atoms with Gasteiger partial charge in [-0.05, 0) is 38.8 Å². The first-order valence-electron chi connectivity index (χ1n) is 9.69. The maximum atomic E-state index is 12.7. The molecule has 5 rings (SSSR count). The Morgan fingerprint density at radius 1 is 1.33 bits per heavy atom. The topological polar surface area (TPSA) is 88.2 Å². The van der Waals surface area contributed by atoms with Crippen molar-refractivity contribution in [3.8, 4) is 11.5 Å². The molecule has 4 heterocycles. The van der Waals surface area contributed by atoms with Crippen LogP contribution < -0.4 is 0 Å². The van der Waals surface area contributed by atoms with Gasteiger partial charge in [-0.25, -0.2) is 4.98 Å². The summed E-state index contributed by atoms with van der Waals surface area (Å²) in [4.78, 5) is 30.1. The number of carbonyl (C=O) groups excluding carboxylic acids is 1. The van der Waals surface area contributed by atoms with Crippen molar-refractivity contribution in [3.63, 3.8) is 0 Å². The molecule has 0 bridgehead atoms. The third-order valence-electron chi connectivity index (χ3n) is 6.27. The molecule has 2 aromatic heterocycles. The van der Waals surface area contributed by atoms with Gasteiger partial charge in [0, 0.05) is 43.9 Å². The fourth-order valence-electron chi connectivity index (χ4n) is 4.61. The fraction of sp³-hybridized carbons (Fsp3) is 0.632. The smallest absolute Gasteiger partial charge is 0.232 e. The SMILES string of the molecule is CN1CC[C@]2(C1)CN(C(=O)CC1CC1)C[C@H]2c1nc(-c2cnccn2)no1. The highest BCUT2D eigenvalue weighted by Crippen LogP contribution is 2.49. The molecule has 0 unspecified atom stereocenters. The van der Waals surface area contributed by atoms with Crippen LogP contribution in [-0.4, -0.2) is 69.0 Å². The van der Waals surface area contributed by atoms with Gasteiger partial charge in [-0.2, -0.15) is 4.98 Å². The Bertz CT molecular complexity index is 836. The molecule has 8 nitrogen and oxygen atoms in total. The van der Waals surface area contributed by atoms with E-state index in [0.29, 0.717) is 36.3 Å². The average molecular weight is 368 g/mol. The van der Waals surface area contributed by atoms with Gasteiger partial charge in [-0.1, -0.05) is 5.16 Å². The molecule has 2 aliphatic heterocycles. The molecule has 1 saturated carbocycles. The van der Waals surface area contributed by atoms with Gasteiger partial charge in [0.2, 0.25) is 17.6 Å². The lowest BCUT2D eigenvalue weighted by Gasteiger charge is -2.27. The van der Waals surface area contributed by atoms with E-state index in [1.54, 1.807) is 18.6 Å². The fourth-order valence-corrected chi connectivity index (χ4v) is 4.61. The number of hydrogen-bond donors (Lipinski definition) is 0. The molecule has 2 saturated heterocycles. The molecule has 2 aromatic rings. The molecular formula is C19H24N6O2. The van der Waals surface area contributed by atoms with Gasteiger partial charge in [-0.3, -0.25) is 9.78 Å². The Morgan fingerprint density at radius 2 is 2.22 bits per heavy atom. The highest BCUT2D eigenvalue weighted by Gasteiger charge is 2.53. The van der Waals surface area contributed by atoms with E-state index in [4.69, 9.17) is 4.52 Å². The van der Waals surface area contributed by atoms with Gasteiger partial charge in [0.1, 0.15) is 5.69 Å². The number of hydrogen-bond acceptors (Lipinski definition) is 7. The van der Waals surface area contributed by atoms with Gasteiger partial charge in [0.05, 0.1) is 12.1 Å². The van der Waals surface area contributed by atoms with Crippen LogP contribution in [0.3, 0.4) is 0 Å². The summed E-state index contributed by atoms with van der Waals surface area (Å²) in [5.41, 5.74) is 0.602. The number of aromatic nitrogens is 4. The van der Waals surface area contributed by atoms with E-state index in [1.165, 1.54) is 12.8 Å². The van der Waals surface area contributed by atoms with Crippen LogP contribution in [0.15, 0.2) is 23.1 Å². The zero-order chi connectivity index (χ0) is 18.4. The quantitative estimate of drug-likeness (QED) is 0.809. The first-order chi connectivity index (χ1) is 13.1. The first-order valence-corrected chi connectivity index (χ1v) is 9.69. The van der Waals surface area contributed by atoms with Crippen molar-refractivity contribution in [1.29, 1.82) is 0 Å². The molecule has 0 N–H and O–H groups in total. The zero-order valence-corrected chi connectivity index (χ0v) is 15.5. The largest absolute Gasteiger partial charge is 0.341 e. The van der Waals surface area contributed by atoms with Gasteiger partial charge in [0.15, 0.2) is 0 Å². The van der Waals surface area contributed by atoms with Gasteiger partial charge >= 0.3 is 0 Å². The predicted octanol–water partition coefficient (Wildman–Crippen LogP) is 1.57. The Hall–Kier alpha value is -2.35. The lowest BCUT2D eigenvalue weighted by molar-refractivity contribution is -0.130. The Balaban J connectivity index is 1.42. The first kappa shape index (κ1) is 16.8. The highest BCUT2D eigenvalue weighted by atomic mass is 16.5. The molecular weight excluding hydrogens is 344 g/mol. The summed E-state index contributed by atoms with van der Waals surface area (Å²) in [6.45, 7) is 3.44. The lowest BCUT2D eigenvalue weighted by atomic mass is 9.77. The minimum absolute atomic E-state index is 0.000130. The van der Waals surface area contributed by atoms with Gasteiger partial charge < -0.3 is 14.3 Å². The van der Waals surface area contributed by atoms with E-state index >= 15 is 0 Å². The minimum Gasteiger partial charge on any atom is -0.341 e. The van der Waals surface area contributed by atoms with Gasteiger partial charge in [0.25, 0.3) is 0 Å². The molecule has 1 spiro atoms. The minimum atomic E-state index is 0.000130. The molecule has 1 aliphatic carbocycles. The van der Waals surface area contributed by atoms with Crippen molar-refractivity contribution < 1.29 is 9.32 Å². The van der Waals surface area contributed by atoms with E-state index in [0.717, 1.165) is 26.1 Å². The molecule has 3 fully saturated rings. The monoisotopic (exact) mass is 368 g/mol. The van der Waals surface area contributed by atoms with Crippen LogP contribution in [-0.2, 0) is 4.79 Å². The van der Waals surface area contributed by atoms with E-state index in [-0.39, 0.29) is 17.2 Å². The molecule has 142 valence electrons. The van der Waals surface area contributed by atoms with Crippen molar-refractivity contribution >= 4 is 5.91 Å². The third-order valence-corrected chi connectivity index (χ3v) is 6.27. The van der Waals surface area contributed by atoms with Crippen LogP contribution in [0.25, 0.3) is 11.5 Å². The van der Waals surface area contributed by atoms with Crippen molar-refractivity contribution in [3.05, 3.63) is 24.5 Å². The van der Waals surface area contributed by atoms with Crippen LogP contribution in [0, 0.1) is 11.3 Å². The van der Waals surface area contributed by atoms with Crippen molar-refractivity contribution in [2.45, 2.75) is 31.6 Å². The van der Waals surface area contributed by atoms with Crippen LogP contribution in [0.5, 0.6) is 0 Å². The Morgan fingerprint density at radius 3 is 2.93 bits per heavy atom. The molecule has 0 radical (unpaired) electrons. The predicted molar refractivity (Wildman–Crippen MR) is 96.5 cm³/mol. The van der Waals surface area contributed by atoms with E-state index < -0.39 is 0 Å². The van der Waals surface area contributed by atoms with Gasteiger partial charge in [-0.15, -0.1) is 0 Å². The van der Waals surface area contributed by atoms with E-state index in [2.05, 4.69) is 32.1 Å². The molecule has 8 heteroatoms. The molecule has 1 amide bonds. The Kier molecular flexibility index (Phi) is 3.96. The number of rotatable bonds is 4. The number of carbonyl (C=O) groups is 1. The van der Waals surface area contributed by atoms with Crippen LogP contribution in [0.2, 0.25) is 0 Å². The summed E-state index contributed by atoms with van der Waals surface area (Å²) in [6.07, 6.45) is 9.00. The maximum Gasteiger partial charge on any atom is 0.232 e. The normalized spacial score (nSPS) is 28.3. The van der Waals surface area contributed by atoms with Crippen LogP contribution in [0.1, 0.15) is 37.5 Å². The van der Waals surface area contributed by atoms with E-state index in [9.17, 15) is 4.79 Å². The second-order valence-electron chi connectivity index (χ2n) is 8.37. The average Bonchev–Trinajstić information content (AvgIpc) is 3.09. The number of likely N-dealkylation sites (tertiary alicyclic amines) is 2. The van der Waals surface area contributed by atoms with Crippen molar-refractivity contribution in [2.75, 3.05) is 33.2 Å². The summed E-state index contributed by atoms with van der Waals surface area (Å²) in [7, 11) is 2.14. The summed E-state index contributed by atoms with van der Waals surface area (Å²) in [5.74, 6) is 2.03. The molecule has 2 atom stereocenters. The van der Waals surface area contributed by atoms with Crippen LogP contribution >= 0.6 is 0 Å². The van der Waals surface area contributed by atoms with E-state index in [1.807, 2.05) is 4.90 Å². The standard InChI is InChI=1S/C19H24N6O2/c1-24-7-4-19(11-24)12-25(16(26)8-13-2-3-13)10-14(19)18-22-17(23-27-18)15-9-20-5-6-21-15/h5-6,9,13-14H,2-4,7-8,10-12H2,1H3/t14-,19-/m0/s1. The summed E-state index contributed by atoms with van der Waals surface area (Å²) >= 11 is 0. The third kappa shape index (κ3) is 3.12. The summed E-state index contributed by atoms with van der Waals surface area (Å²) in [5, 5.41) is 4.13.